The lowest BCUT2D eigenvalue weighted by Crippen LogP contribution is -2.44. The van der Waals surface area contributed by atoms with E-state index in [9.17, 15) is 13.9 Å². The molecule has 1 fully saturated rings. The maximum absolute atomic E-state index is 14.0. The number of nitrogens with one attached hydrogen (secondary N) is 2. The molecule has 0 spiro atoms. The van der Waals surface area contributed by atoms with Gasteiger partial charge in [0.05, 0.1) is 18.8 Å². The van der Waals surface area contributed by atoms with Crippen molar-refractivity contribution >= 4 is 35.6 Å². The van der Waals surface area contributed by atoms with Gasteiger partial charge in [-0.1, -0.05) is 24.3 Å². The lowest BCUT2D eigenvalue weighted by atomic mass is 10.1. The Balaban J connectivity index is 0.00000300. The molecular weight excluding hydrogens is 489 g/mol. The van der Waals surface area contributed by atoms with Crippen LogP contribution in [0.25, 0.3) is 0 Å². The molecule has 1 aliphatic heterocycles. The second-order valence-electron chi connectivity index (χ2n) is 6.79. The lowest BCUT2D eigenvalue weighted by Gasteiger charge is -2.21. The van der Waals surface area contributed by atoms with Gasteiger partial charge in [0.1, 0.15) is 11.6 Å². The highest BCUT2D eigenvalue weighted by Gasteiger charge is 2.25. The van der Waals surface area contributed by atoms with Crippen LogP contribution in [0, 0.1) is 11.6 Å². The van der Waals surface area contributed by atoms with Crippen molar-refractivity contribution in [2.24, 2.45) is 4.99 Å². The Hall–Kier alpha value is -1.94. The highest BCUT2D eigenvalue weighted by Crippen LogP contribution is 2.24. The Morgan fingerprint density at radius 3 is 2.66 bits per heavy atom. The molecule has 1 heterocycles. The van der Waals surface area contributed by atoms with Crippen LogP contribution in [-0.2, 0) is 13.2 Å². The summed E-state index contributed by atoms with van der Waals surface area (Å²) in [6.45, 7) is 4.45. The third-order valence-electron chi connectivity index (χ3n) is 4.82. The van der Waals surface area contributed by atoms with E-state index in [2.05, 4.69) is 15.6 Å². The van der Waals surface area contributed by atoms with Crippen LogP contribution in [0.2, 0.25) is 0 Å². The number of benzene rings is 2. The maximum Gasteiger partial charge on any atom is 0.191 e. The molecule has 8 heteroatoms. The zero-order chi connectivity index (χ0) is 19.9. The summed E-state index contributed by atoms with van der Waals surface area (Å²) in [6, 6.07) is 11.4. The average molecular weight is 516 g/mol. The number of guanidine groups is 1. The van der Waals surface area contributed by atoms with E-state index in [0.29, 0.717) is 31.3 Å². The standard InChI is InChI=1S/C21H26F2N4O.HI/c1-2-24-21(25-12-15-5-3-4-6-16(15)14-28)26-18-9-10-27(13-18)20-8-7-17(22)11-19(20)23;/h3-8,11,18,28H,2,9-10,12-14H2,1H3,(H2,24,25,26);1H. The predicted molar refractivity (Wildman–Crippen MR) is 123 cm³/mol. The van der Waals surface area contributed by atoms with Crippen LogP contribution in [0.15, 0.2) is 47.5 Å². The van der Waals surface area contributed by atoms with Crippen molar-refractivity contribution in [3.63, 3.8) is 0 Å². The van der Waals surface area contributed by atoms with Crippen LogP contribution in [0.5, 0.6) is 0 Å². The van der Waals surface area contributed by atoms with E-state index in [4.69, 9.17) is 0 Å². The minimum Gasteiger partial charge on any atom is -0.392 e. The van der Waals surface area contributed by atoms with E-state index >= 15 is 0 Å². The molecule has 0 aliphatic carbocycles. The fourth-order valence-corrected chi connectivity index (χ4v) is 3.38. The third-order valence-corrected chi connectivity index (χ3v) is 4.82. The van der Waals surface area contributed by atoms with Crippen molar-refractivity contribution in [3.8, 4) is 0 Å². The first-order valence-corrected chi connectivity index (χ1v) is 9.53. The monoisotopic (exact) mass is 516 g/mol. The fourth-order valence-electron chi connectivity index (χ4n) is 3.38. The van der Waals surface area contributed by atoms with Crippen LogP contribution in [0.4, 0.5) is 14.5 Å². The van der Waals surface area contributed by atoms with Gasteiger partial charge < -0.3 is 20.6 Å². The van der Waals surface area contributed by atoms with Gasteiger partial charge >= 0.3 is 0 Å². The van der Waals surface area contributed by atoms with Crippen molar-refractivity contribution in [1.29, 1.82) is 0 Å². The quantitative estimate of drug-likeness (QED) is 0.313. The predicted octanol–water partition coefficient (Wildman–Crippen LogP) is 3.41. The van der Waals surface area contributed by atoms with Crippen LogP contribution in [0.1, 0.15) is 24.5 Å². The van der Waals surface area contributed by atoms with Gasteiger partial charge in [-0.2, -0.15) is 0 Å². The fraction of sp³-hybridized carbons (Fsp3) is 0.381. The van der Waals surface area contributed by atoms with Crippen LogP contribution in [0.3, 0.4) is 0 Å². The summed E-state index contributed by atoms with van der Waals surface area (Å²) in [6.07, 6.45) is 0.828. The minimum atomic E-state index is -0.570. The van der Waals surface area contributed by atoms with Crippen LogP contribution >= 0.6 is 24.0 Å². The van der Waals surface area contributed by atoms with E-state index in [1.807, 2.05) is 36.1 Å². The molecule has 1 unspecified atom stereocenters. The molecule has 2 aromatic rings. The Bertz CT molecular complexity index is 834. The van der Waals surface area contributed by atoms with E-state index in [0.717, 1.165) is 30.2 Å². The van der Waals surface area contributed by atoms with E-state index < -0.39 is 11.6 Å². The van der Waals surface area contributed by atoms with Crippen LogP contribution < -0.4 is 15.5 Å². The third kappa shape index (κ3) is 6.27. The van der Waals surface area contributed by atoms with Crippen molar-refractivity contribution in [2.75, 3.05) is 24.5 Å². The molecular formula is C21H27F2IN4O. The van der Waals surface area contributed by atoms with Gasteiger partial charge in [0.15, 0.2) is 5.96 Å². The number of aliphatic hydroxyl groups is 1. The number of hydrogen-bond donors (Lipinski definition) is 3. The van der Waals surface area contributed by atoms with Crippen molar-refractivity contribution in [2.45, 2.75) is 32.5 Å². The number of aliphatic hydroxyl groups excluding tert-OH is 1. The topological polar surface area (TPSA) is 59.9 Å². The molecule has 0 bridgehead atoms. The Morgan fingerprint density at radius 1 is 1.21 bits per heavy atom. The number of anilines is 1. The first kappa shape index (κ1) is 23.3. The SMILES string of the molecule is CCNC(=NCc1ccccc1CO)NC1CCN(c2ccc(F)cc2F)C1.I. The first-order valence-electron chi connectivity index (χ1n) is 9.53. The number of rotatable bonds is 6. The Morgan fingerprint density at radius 2 is 1.97 bits per heavy atom. The Kier molecular flexibility index (Phi) is 9.09. The maximum atomic E-state index is 14.0. The summed E-state index contributed by atoms with van der Waals surface area (Å²) in [7, 11) is 0. The summed E-state index contributed by atoms with van der Waals surface area (Å²) in [4.78, 5) is 6.54. The van der Waals surface area contributed by atoms with Crippen molar-refractivity contribution in [1.82, 2.24) is 10.6 Å². The highest BCUT2D eigenvalue weighted by atomic mass is 127. The van der Waals surface area contributed by atoms with Crippen LogP contribution in [-0.4, -0.2) is 36.7 Å². The summed E-state index contributed by atoms with van der Waals surface area (Å²) < 4.78 is 27.2. The first-order chi connectivity index (χ1) is 13.6. The summed E-state index contributed by atoms with van der Waals surface area (Å²) in [5, 5.41) is 16.1. The zero-order valence-electron chi connectivity index (χ0n) is 16.4. The van der Waals surface area contributed by atoms with Gasteiger partial charge in [-0.15, -0.1) is 24.0 Å². The number of aliphatic imine (C=N–C) groups is 1. The largest absolute Gasteiger partial charge is 0.392 e. The minimum absolute atomic E-state index is 0. The van der Waals surface area contributed by atoms with Gasteiger partial charge in [0, 0.05) is 31.7 Å². The zero-order valence-corrected chi connectivity index (χ0v) is 18.7. The molecule has 0 radical (unpaired) electrons. The Labute approximate surface area is 187 Å². The molecule has 0 aromatic heterocycles. The molecule has 158 valence electrons. The highest BCUT2D eigenvalue weighted by molar-refractivity contribution is 14.0. The molecule has 1 atom stereocenters. The molecule has 0 saturated carbocycles. The van der Waals surface area contributed by atoms with E-state index in [1.165, 1.54) is 12.1 Å². The summed E-state index contributed by atoms with van der Waals surface area (Å²) in [5.41, 5.74) is 2.26. The molecule has 1 aliphatic rings. The van der Waals surface area contributed by atoms with Crippen molar-refractivity contribution < 1.29 is 13.9 Å². The van der Waals surface area contributed by atoms with Gasteiger partial charge in [-0.3, -0.25) is 0 Å². The van der Waals surface area contributed by atoms with E-state index in [-0.39, 0.29) is 36.6 Å². The number of halogens is 3. The second kappa shape index (κ2) is 11.3. The average Bonchev–Trinajstić information content (AvgIpc) is 3.14. The van der Waals surface area contributed by atoms with Gasteiger partial charge in [0.25, 0.3) is 0 Å². The normalized spacial score (nSPS) is 16.5. The van der Waals surface area contributed by atoms with Gasteiger partial charge in [-0.05, 0) is 36.6 Å². The number of nitrogens with zero attached hydrogens (tertiary/aromatic N) is 2. The van der Waals surface area contributed by atoms with E-state index in [1.54, 1.807) is 0 Å². The lowest BCUT2D eigenvalue weighted by molar-refractivity contribution is 0.280. The molecule has 3 rings (SSSR count). The molecule has 1 saturated heterocycles. The molecule has 5 nitrogen and oxygen atoms in total. The van der Waals surface area contributed by atoms with Gasteiger partial charge in [0.2, 0.25) is 0 Å². The molecule has 2 aromatic carbocycles. The second-order valence-corrected chi connectivity index (χ2v) is 6.79. The van der Waals surface area contributed by atoms with Gasteiger partial charge in [-0.25, -0.2) is 13.8 Å². The molecule has 3 N–H and O–H groups in total. The summed E-state index contributed by atoms with van der Waals surface area (Å²) in [5.74, 6) is -0.427. The molecule has 29 heavy (non-hydrogen) atoms. The van der Waals surface area contributed by atoms with Crippen molar-refractivity contribution in [3.05, 3.63) is 65.2 Å². The molecule has 0 amide bonds. The smallest absolute Gasteiger partial charge is 0.191 e. The summed E-state index contributed by atoms with van der Waals surface area (Å²) >= 11 is 0. The number of hydrogen-bond acceptors (Lipinski definition) is 3.